The van der Waals surface area contributed by atoms with Crippen molar-refractivity contribution in [2.45, 2.75) is 0 Å². The van der Waals surface area contributed by atoms with Gasteiger partial charge >= 0.3 is 5.69 Å². The van der Waals surface area contributed by atoms with Gasteiger partial charge in [-0.2, -0.15) is 4.98 Å². The number of rotatable bonds is 3. The molecule has 24 heavy (non-hydrogen) atoms. The van der Waals surface area contributed by atoms with Crippen LogP contribution >= 0.6 is 0 Å². The Morgan fingerprint density at radius 3 is 2.71 bits per heavy atom. The van der Waals surface area contributed by atoms with Crippen LogP contribution in [0.3, 0.4) is 0 Å². The van der Waals surface area contributed by atoms with E-state index in [1.807, 2.05) is 42.5 Å². The molecular weight excluding hydrogens is 306 g/mol. The van der Waals surface area contributed by atoms with Gasteiger partial charge in [0.2, 0.25) is 0 Å². The number of para-hydroxylation sites is 1. The van der Waals surface area contributed by atoms with Crippen LogP contribution in [0.5, 0.6) is 5.75 Å². The number of benzene rings is 2. The summed E-state index contributed by atoms with van der Waals surface area (Å²) in [4.78, 5) is 16.8. The maximum atomic E-state index is 12.6. The Hall–Kier alpha value is -3.28. The first-order valence-corrected chi connectivity index (χ1v) is 7.48. The smallest absolute Gasteiger partial charge is 0.354 e. The Bertz CT molecular complexity index is 1100. The van der Waals surface area contributed by atoms with Crippen molar-refractivity contribution in [3.8, 4) is 11.4 Å². The average molecular weight is 321 g/mol. The van der Waals surface area contributed by atoms with Gasteiger partial charge in [0.05, 0.1) is 35.3 Å². The molecule has 2 aromatic carbocycles. The molecule has 0 spiro atoms. The second kappa shape index (κ2) is 5.42. The molecule has 120 valence electrons. The van der Waals surface area contributed by atoms with E-state index in [0.717, 1.165) is 16.5 Å². The Balaban J connectivity index is 2.25. The van der Waals surface area contributed by atoms with Crippen molar-refractivity contribution in [1.82, 2.24) is 9.55 Å². The molecule has 2 heterocycles. The molecule has 0 aliphatic rings. The summed E-state index contributed by atoms with van der Waals surface area (Å²) < 4.78 is 12.7. The molecule has 0 aliphatic carbocycles. The van der Waals surface area contributed by atoms with Gasteiger partial charge in [0.25, 0.3) is 0 Å². The highest BCUT2D eigenvalue weighted by Gasteiger charge is 2.18. The Morgan fingerprint density at radius 1 is 1.21 bits per heavy atom. The molecule has 4 rings (SSSR count). The fourth-order valence-electron chi connectivity index (χ4n) is 2.97. The summed E-state index contributed by atoms with van der Waals surface area (Å²) in [5, 5.41) is 4.56. The molecule has 6 nitrogen and oxygen atoms in total. The van der Waals surface area contributed by atoms with E-state index >= 15 is 0 Å². The quantitative estimate of drug-likeness (QED) is 0.627. The number of hydrogen-bond donors (Lipinski definition) is 1. The van der Waals surface area contributed by atoms with Crippen LogP contribution in [0.15, 0.2) is 57.9 Å². The average Bonchev–Trinajstić information content (AvgIpc) is 3.10. The van der Waals surface area contributed by atoms with Gasteiger partial charge < -0.3 is 14.5 Å². The van der Waals surface area contributed by atoms with Crippen molar-refractivity contribution in [3.63, 3.8) is 0 Å². The van der Waals surface area contributed by atoms with E-state index in [0.29, 0.717) is 22.7 Å². The Morgan fingerprint density at radius 2 is 2.00 bits per heavy atom. The van der Waals surface area contributed by atoms with Crippen molar-refractivity contribution in [2.75, 3.05) is 19.5 Å². The van der Waals surface area contributed by atoms with Crippen LogP contribution < -0.4 is 15.7 Å². The standard InChI is InChI=1S/C18H15N3O3/c1-19-17-15-13(10-14(23-2)12-8-9-24-16(12)15)21(18(22)20-17)11-6-4-3-5-7-11/h3-10H,1-2H3,(H,19,20,22). The van der Waals surface area contributed by atoms with Crippen LogP contribution in [0.1, 0.15) is 0 Å². The number of ether oxygens (including phenoxy) is 1. The molecule has 0 fully saturated rings. The van der Waals surface area contributed by atoms with Gasteiger partial charge in [-0.15, -0.1) is 0 Å². The molecule has 0 radical (unpaired) electrons. The first kappa shape index (κ1) is 14.3. The maximum Gasteiger partial charge on any atom is 0.354 e. The van der Waals surface area contributed by atoms with E-state index in [1.54, 1.807) is 25.0 Å². The Kier molecular flexibility index (Phi) is 3.23. The lowest BCUT2D eigenvalue weighted by Gasteiger charge is -2.14. The van der Waals surface area contributed by atoms with Gasteiger partial charge in [-0.3, -0.25) is 4.57 Å². The number of nitrogens with zero attached hydrogens (tertiary/aromatic N) is 2. The van der Waals surface area contributed by atoms with Gasteiger partial charge in [-0.05, 0) is 18.2 Å². The van der Waals surface area contributed by atoms with Crippen molar-refractivity contribution >= 4 is 27.7 Å². The maximum absolute atomic E-state index is 12.6. The van der Waals surface area contributed by atoms with Crippen molar-refractivity contribution in [3.05, 3.63) is 59.2 Å². The molecule has 0 atom stereocenters. The first-order chi connectivity index (χ1) is 11.7. The van der Waals surface area contributed by atoms with Gasteiger partial charge in [0.15, 0.2) is 5.58 Å². The third kappa shape index (κ3) is 1.96. The second-order valence-electron chi connectivity index (χ2n) is 5.30. The summed E-state index contributed by atoms with van der Waals surface area (Å²) in [5.74, 6) is 1.12. The molecule has 2 aromatic heterocycles. The minimum Gasteiger partial charge on any atom is -0.496 e. The largest absolute Gasteiger partial charge is 0.496 e. The number of nitrogens with one attached hydrogen (secondary N) is 1. The molecule has 0 amide bonds. The lowest BCUT2D eigenvalue weighted by molar-refractivity contribution is 0.420. The summed E-state index contributed by atoms with van der Waals surface area (Å²) in [6, 6.07) is 13.1. The van der Waals surface area contributed by atoms with Crippen molar-refractivity contribution in [2.24, 2.45) is 0 Å². The van der Waals surface area contributed by atoms with E-state index in [2.05, 4.69) is 10.3 Å². The van der Waals surface area contributed by atoms with Crippen LogP contribution in [-0.4, -0.2) is 23.7 Å². The predicted octanol–water partition coefficient (Wildman–Crippen LogP) is 3.18. The highest BCUT2D eigenvalue weighted by atomic mass is 16.5. The molecule has 0 aliphatic heterocycles. The number of aromatic nitrogens is 2. The summed E-state index contributed by atoms with van der Waals surface area (Å²) >= 11 is 0. The van der Waals surface area contributed by atoms with Crippen LogP contribution in [-0.2, 0) is 0 Å². The van der Waals surface area contributed by atoms with E-state index in [1.165, 1.54) is 0 Å². The molecule has 0 unspecified atom stereocenters. The number of methoxy groups -OCH3 is 1. The molecule has 6 heteroatoms. The van der Waals surface area contributed by atoms with Crippen LogP contribution in [0.4, 0.5) is 5.82 Å². The summed E-state index contributed by atoms with van der Waals surface area (Å²) in [7, 11) is 3.33. The minimum absolute atomic E-state index is 0.369. The zero-order chi connectivity index (χ0) is 16.7. The topological polar surface area (TPSA) is 69.3 Å². The zero-order valence-electron chi connectivity index (χ0n) is 13.2. The second-order valence-corrected chi connectivity index (χ2v) is 5.30. The summed E-state index contributed by atoms with van der Waals surface area (Å²) in [6.07, 6.45) is 1.60. The van der Waals surface area contributed by atoms with E-state index in [4.69, 9.17) is 9.15 Å². The van der Waals surface area contributed by atoms with Gasteiger partial charge in [-0.1, -0.05) is 18.2 Å². The lowest BCUT2D eigenvalue weighted by atomic mass is 10.1. The number of hydrogen-bond acceptors (Lipinski definition) is 5. The van der Waals surface area contributed by atoms with E-state index < -0.39 is 0 Å². The number of furan rings is 1. The van der Waals surface area contributed by atoms with Crippen LogP contribution in [0.25, 0.3) is 27.6 Å². The van der Waals surface area contributed by atoms with E-state index in [9.17, 15) is 4.79 Å². The number of anilines is 1. The molecular formula is C18H15N3O3. The predicted molar refractivity (Wildman–Crippen MR) is 93.2 cm³/mol. The van der Waals surface area contributed by atoms with Gasteiger partial charge in [-0.25, -0.2) is 4.79 Å². The highest BCUT2D eigenvalue weighted by molar-refractivity contribution is 6.11. The minimum atomic E-state index is -0.369. The fraction of sp³-hybridized carbons (Fsp3) is 0.111. The summed E-state index contributed by atoms with van der Waals surface area (Å²) in [5.41, 5.74) is 1.66. The van der Waals surface area contributed by atoms with Gasteiger partial charge in [0.1, 0.15) is 11.6 Å². The summed E-state index contributed by atoms with van der Waals surface area (Å²) in [6.45, 7) is 0. The van der Waals surface area contributed by atoms with Crippen molar-refractivity contribution in [1.29, 1.82) is 0 Å². The molecule has 0 saturated heterocycles. The molecule has 4 aromatic rings. The van der Waals surface area contributed by atoms with Crippen LogP contribution in [0, 0.1) is 0 Å². The van der Waals surface area contributed by atoms with Crippen LogP contribution in [0.2, 0.25) is 0 Å². The normalized spacial score (nSPS) is 11.1. The molecule has 0 saturated carbocycles. The SMILES string of the molecule is CNc1nc(=O)n(-c2ccccc2)c2cc(OC)c3ccoc3c12. The van der Waals surface area contributed by atoms with E-state index in [-0.39, 0.29) is 5.69 Å². The first-order valence-electron chi connectivity index (χ1n) is 7.48. The third-order valence-corrected chi connectivity index (χ3v) is 4.03. The molecule has 0 bridgehead atoms. The van der Waals surface area contributed by atoms with Gasteiger partial charge in [0, 0.05) is 13.1 Å². The highest BCUT2D eigenvalue weighted by Crippen LogP contribution is 2.36. The lowest BCUT2D eigenvalue weighted by Crippen LogP contribution is -2.23. The fourth-order valence-corrected chi connectivity index (χ4v) is 2.97. The Labute approximate surface area is 137 Å². The monoisotopic (exact) mass is 321 g/mol. The number of fused-ring (bicyclic) bond motifs is 3. The zero-order valence-corrected chi connectivity index (χ0v) is 13.2. The van der Waals surface area contributed by atoms with Crippen molar-refractivity contribution < 1.29 is 9.15 Å². The molecule has 1 N–H and O–H groups in total. The third-order valence-electron chi connectivity index (χ3n) is 4.03.